The van der Waals surface area contributed by atoms with Gasteiger partial charge in [-0.25, -0.2) is 10.8 Å². The van der Waals surface area contributed by atoms with Crippen LogP contribution in [-0.2, 0) is 0 Å². The lowest BCUT2D eigenvalue weighted by molar-refractivity contribution is -0.385. The summed E-state index contributed by atoms with van der Waals surface area (Å²) < 4.78 is 0. The van der Waals surface area contributed by atoms with Crippen LogP contribution in [0.2, 0.25) is 0 Å². The molecule has 2 atom stereocenters. The number of nitrogens with one attached hydrogen (secondary N) is 1. The van der Waals surface area contributed by atoms with Crippen LogP contribution in [0.3, 0.4) is 0 Å². The van der Waals surface area contributed by atoms with Crippen LogP contribution in [0.1, 0.15) is 19.0 Å². The molecule has 1 aliphatic carbocycles. The third kappa shape index (κ3) is 2.73. The highest BCUT2D eigenvalue weighted by Crippen LogP contribution is 2.39. The van der Waals surface area contributed by atoms with Crippen LogP contribution < -0.4 is 16.2 Å². The van der Waals surface area contributed by atoms with Gasteiger partial charge in [0, 0.05) is 13.6 Å². The number of nitro groups is 1. The number of nitrogen functional groups attached to an aromatic ring is 1. The average Bonchev–Trinajstić information content (AvgIpc) is 3.02. The molecule has 8 heteroatoms. The van der Waals surface area contributed by atoms with E-state index in [1.165, 1.54) is 0 Å². The minimum absolute atomic E-state index is 0.0604. The van der Waals surface area contributed by atoms with Gasteiger partial charge in [0.1, 0.15) is 5.69 Å². The summed E-state index contributed by atoms with van der Waals surface area (Å²) in [6.07, 6.45) is 1.16. The standard InChI is InChI=1S/C11H18N6O2/c1-6-4-8(6)5-16(3)10-9(17(18)19)7(2)13-11(14-10)15-12/h6,8H,4-5,12H2,1-3H3,(H,13,14,15). The molecule has 1 aromatic rings. The first-order valence-corrected chi connectivity index (χ1v) is 6.14. The predicted octanol–water partition coefficient (Wildman–Crippen LogP) is 1.07. The smallest absolute Gasteiger partial charge is 0.332 e. The first-order valence-electron chi connectivity index (χ1n) is 6.14. The molecule has 0 amide bonds. The van der Waals surface area contributed by atoms with E-state index in [1.54, 1.807) is 14.0 Å². The highest BCUT2D eigenvalue weighted by molar-refractivity contribution is 5.62. The number of anilines is 2. The summed E-state index contributed by atoms with van der Waals surface area (Å²) in [5, 5.41) is 11.2. The van der Waals surface area contributed by atoms with Crippen molar-refractivity contribution < 1.29 is 4.92 Å². The van der Waals surface area contributed by atoms with Gasteiger partial charge in [-0.3, -0.25) is 15.5 Å². The van der Waals surface area contributed by atoms with Crippen molar-refractivity contribution in [3.8, 4) is 0 Å². The molecule has 0 bridgehead atoms. The van der Waals surface area contributed by atoms with E-state index in [0.29, 0.717) is 23.3 Å². The SMILES string of the molecule is Cc1nc(NN)nc(N(C)CC2CC2C)c1[N+](=O)[O-]. The fourth-order valence-electron chi connectivity index (χ4n) is 2.19. The van der Waals surface area contributed by atoms with E-state index in [9.17, 15) is 10.1 Å². The van der Waals surface area contributed by atoms with Gasteiger partial charge in [-0.2, -0.15) is 4.98 Å². The van der Waals surface area contributed by atoms with Gasteiger partial charge in [0.25, 0.3) is 0 Å². The number of nitrogens with zero attached hydrogens (tertiary/aromatic N) is 4. The van der Waals surface area contributed by atoms with Gasteiger partial charge in [-0.1, -0.05) is 6.92 Å². The zero-order valence-corrected chi connectivity index (χ0v) is 11.3. The Balaban J connectivity index is 2.34. The van der Waals surface area contributed by atoms with Gasteiger partial charge in [0.05, 0.1) is 4.92 Å². The Bertz CT molecular complexity index is 506. The molecule has 19 heavy (non-hydrogen) atoms. The Labute approximate surface area is 111 Å². The van der Waals surface area contributed by atoms with Crippen molar-refractivity contribution in [1.82, 2.24) is 9.97 Å². The fraction of sp³-hybridized carbons (Fsp3) is 0.636. The van der Waals surface area contributed by atoms with Gasteiger partial charge in [-0.05, 0) is 25.2 Å². The summed E-state index contributed by atoms with van der Waals surface area (Å²) >= 11 is 0. The molecule has 0 radical (unpaired) electrons. The maximum atomic E-state index is 11.2. The topological polar surface area (TPSA) is 110 Å². The first-order chi connectivity index (χ1) is 8.93. The van der Waals surface area contributed by atoms with Gasteiger partial charge in [0.15, 0.2) is 0 Å². The molecule has 0 aromatic carbocycles. The van der Waals surface area contributed by atoms with Crippen LogP contribution >= 0.6 is 0 Å². The van der Waals surface area contributed by atoms with Gasteiger partial charge < -0.3 is 4.90 Å². The van der Waals surface area contributed by atoms with E-state index in [2.05, 4.69) is 22.3 Å². The van der Waals surface area contributed by atoms with Crippen LogP contribution in [0.5, 0.6) is 0 Å². The van der Waals surface area contributed by atoms with Crippen LogP contribution in [0.4, 0.5) is 17.5 Å². The second-order valence-corrected chi connectivity index (χ2v) is 5.06. The number of hydrazine groups is 1. The lowest BCUT2D eigenvalue weighted by atomic mass is 10.3. The van der Waals surface area contributed by atoms with Crippen molar-refractivity contribution in [2.45, 2.75) is 20.3 Å². The molecular weight excluding hydrogens is 248 g/mol. The molecule has 1 heterocycles. The summed E-state index contributed by atoms with van der Waals surface area (Å²) in [6, 6.07) is 0. The first kappa shape index (κ1) is 13.5. The Kier molecular flexibility index (Phi) is 3.52. The number of rotatable bonds is 5. The van der Waals surface area contributed by atoms with E-state index in [1.807, 2.05) is 4.90 Å². The quantitative estimate of drug-likeness (QED) is 0.466. The third-order valence-corrected chi connectivity index (χ3v) is 3.50. The Morgan fingerprint density at radius 2 is 2.21 bits per heavy atom. The van der Waals surface area contributed by atoms with Crippen molar-refractivity contribution in [2.24, 2.45) is 17.7 Å². The zero-order valence-electron chi connectivity index (χ0n) is 11.3. The second kappa shape index (κ2) is 4.96. The lowest BCUT2D eigenvalue weighted by Crippen LogP contribution is -2.24. The van der Waals surface area contributed by atoms with Crippen LogP contribution in [-0.4, -0.2) is 28.5 Å². The largest absolute Gasteiger partial charge is 0.354 e. The summed E-state index contributed by atoms with van der Waals surface area (Å²) in [6.45, 7) is 4.51. The summed E-state index contributed by atoms with van der Waals surface area (Å²) in [7, 11) is 1.81. The van der Waals surface area contributed by atoms with Gasteiger partial charge in [-0.15, -0.1) is 0 Å². The minimum Gasteiger partial charge on any atom is -0.354 e. The molecule has 8 nitrogen and oxygen atoms in total. The van der Waals surface area contributed by atoms with E-state index < -0.39 is 4.92 Å². The Hall–Kier alpha value is -1.96. The maximum Gasteiger partial charge on any atom is 0.332 e. The lowest BCUT2D eigenvalue weighted by Gasteiger charge is -2.19. The van der Waals surface area contributed by atoms with Gasteiger partial charge in [0.2, 0.25) is 11.8 Å². The second-order valence-electron chi connectivity index (χ2n) is 5.06. The number of hydrogen-bond donors (Lipinski definition) is 2. The Morgan fingerprint density at radius 1 is 1.58 bits per heavy atom. The van der Waals surface area contributed by atoms with E-state index in [4.69, 9.17) is 5.84 Å². The van der Waals surface area contributed by atoms with Crippen molar-refractivity contribution in [3.63, 3.8) is 0 Å². The molecular formula is C11H18N6O2. The van der Waals surface area contributed by atoms with Gasteiger partial charge >= 0.3 is 5.69 Å². The molecule has 1 aromatic heterocycles. The molecule has 3 N–H and O–H groups in total. The van der Waals surface area contributed by atoms with Crippen LogP contribution in [0.15, 0.2) is 0 Å². The number of aromatic nitrogens is 2. The highest BCUT2D eigenvalue weighted by Gasteiger charge is 2.35. The molecule has 104 valence electrons. The molecule has 1 saturated carbocycles. The summed E-state index contributed by atoms with van der Waals surface area (Å²) in [4.78, 5) is 20.6. The molecule has 0 aliphatic heterocycles. The zero-order chi connectivity index (χ0) is 14.2. The third-order valence-electron chi connectivity index (χ3n) is 3.50. The summed E-state index contributed by atoms with van der Waals surface area (Å²) in [5.74, 6) is 7.04. The normalized spacial score (nSPS) is 21.1. The molecule has 2 unspecified atom stereocenters. The summed E-state index contributed by atoms with van der Waals surface area (Å²) in [5.41, 5.74) is 2.58. The highest BCUT2D eigenvalue weighted by atomic mass is 16.6. The van der Waals surface area contributed by atoms with E-state index in [0.717, 1.165) is 13.0 Å². The number of hydrogen-bond acceptors (Lipinski definition) is 7. The Morgan fingerprint density at radius 3 is 2.68 bits per heavy atom. The van der Waals surface area contributed by atoms with Crippen molar-refractivity contribution in [2.75, 3.05) is 23.9 Å². The average molecular weight is 266 g/mol. The minimum atomic E-state index is -0.447. The molecule has 0 spiro atoms. The van der Waals surface area contributed by atoms with Crippen molar-refractivity contribution >= 4 is 17.5 Å². The molecule has 2 rings (SSSR count). The number of aryl methyl sites for hydroxylation is 1. The van der Waals surface area contributed by atoms with Crippen LogP contribution in [0, 0.1) is 28.9 Å². The fourth-order valence-corrected chi connectivity index (χ4v) is 2.19. The molecule has 1 aliphatic rings. The molecule has 1 fully saturated rings. The monoisotopic (exact) mass is 266 g/mol. The number of nitrogens with two attached hydrogens (primary N) is 1. The van der Waals surface area contributed by atoms with Crippen molar-refractivity contribution in [3.05, 3.63) is 15.8 Å². The van der Waals surface area contributed by atoms with Crippen molar-refractivity contribution in [1.29, 1.82) is 0 Å². The maximum absolute atomic E-state index is 11.2. The van der Waals surface area contributed by atoms with Crippen LogP contribution in [0.25, 0.3) is 0 Å². The molecule has 0 saturated heterocycles. The predicted molar refractivity (Wildman–Crippen MR) is 71.8 cm³/mol. The van der Waals surface area contributed by atoms with E-state index >= 15 is 0 Å². The van der Waals surface area contributed by atoms with E-state index in [-0.39, 0.29) is 11.6 Å².